The van der Waals surface area contributed by atoms with E-state index in [1.165, 1.54) is 12.1 Å². The molecule has 1 aromatic carbocycles. The third-order valence-electron chi connectivity index (χ3n) is 3.97. The number of H-pyrrole nitrogens is 1. The van der Waals surface area contributed by atoms with Crippen LogP contribution < -0.4 is 5.50 Å². The monoisotopic (exact) mass is 352 g/mol. The van der Waals surface area contributed by atoms with Crippen LogP contribution >= 0.6 is 19.2 Å². The predicted octanol–water partition coefficient (Wildman–Crippen LogP) is 3.32. The fourth-order valence-corrected chi connectivity index (χ4v) is 3.46. The molecule has 1 aliphatic carbocycles. The van der Waals surface area contributed by atoms with E-state index in [2.05, 4.69) is 9.97 Å². The Balaban J connectivity index is 1.71. The number of aromatic nitrogens is 2. The van der Waals surface area contributed by atoms with Gasteiger partial charge in [-0.25, -0.2) is 4.98 Å². The lowest BCUT2D eigenvalue weighted by Gasteiger charge is -2.07. The Bertz CT molecular complexity index is 925. The fourth-order valence-electron chi connectivity index (χ4n) is 2.58. The molecular weight excluding hydrogens is 339 g/mol. The van der Waals surface area contributed by atoms with E-state index >= 15 is 0 Å². The number of benzene rings is 1. The number of hydrogen-bond donors (Lipinski definition) is 3. The number of furan rings is 1. The number of alkyl halides is 1. The number of aromatic amines is 1. The molecule has 3 N–H and O–H groups in total. The zero-order valence-electron chi connectivity index (χ0n) is 11.9. The summed E-state index contributed by atoms with van der Waals surface area (Å²) in [5.41, 5.74) is 2.23. The minimum Gasteiger partial charge on any atom is -0.445 e. The second-order valence-electron chi connectivity index (χ2n) is 5.78. The van der Waals surface area contributed by atoms with Crippen molar-refractivity contribution in [1.82, 2.24) is 9.97 Å². The van der Waals surface area contributed by atoms with Gasteiger partial charge in [-0.15, -0.1) is 11.6 Å². The summed E-state index contributed by atoms with van der Waals surface area (Å²) in [5.74, 6) is 1.25. The highest BCUT2D eigenvalue weighted by atomic mass is 35.5. The molecule has 0 bridgehead atoms. The number of hydrogen-bond acceptors (Lipinski definition) is 3. The van der Waals surface area contributed by atoms with Gasteiger partial charge in [0, 0.05) is 0 Å². The predicted molar refractivity (Wildman–Crippen MR) is 86.8 cm³/mol. The van der Waals surface area contributed by atoms with Crippen LogP contribution in [0.3, 0.4) is 0 Å². The van der Waals surface area contributed by atoms with E-state index in [9.17, 15) is 4.57 Å². The van der Waals surface area contributed by atoms with Gasteiger partial charge in [-0.3, -0.25) is 4.57 Å². The first-order valence-electron chi connectivity index (χ1n) is 7.22. The normalized spacial score (nSPS) is 16.8. The van der Waals surface area contributed by atoms with Crippen LogP contribution in [0.2, 0.25) is 0 Å². The molecule has 1 atom stereocenters. The van der Waals surface area contributed by atoms with Crippen molar-refractivity contribution in [3.63, 3.8) is 0 Å². The second-order valence-corrected chi connectivity index (χ2v) is 7.78. The third kappa shape index (κ3) is 2.83. The van der Waals surface area contributed by atoms with E-state index in [1.807, 2.05) is 18.2 Å². The van der Waals surface area contributed by atoms with Gasteiger partial charge in [0.25, 0.3) is 0 Å². The van der Waals surface area contributed by atoms with Crippen LogP contribution in [0.5, 0.6) is 0 Å². The van der Waals surface area contributed by atoms with Gasteiger partial charge >= 0.3 is 7.60 Å². The lowest BCUT2D eigenvalue weighted by molar-refractivity contribution is 0.377. The van der Waals surface area contributed by atoms with Gasteiger partial charge in [-0.2, -0.15) is 0 Å². The molecule has 120 valence electrons. The van der Waals surface area contributed by atoms with Crippen LogP contribution in [-0.4, -0.2) is 19.8 Å². The van der Waals surface area contributed by atoms with Crippen molar-refractivity contribution in [2.24, 2.45) is 5.92 Å². The van der Waals surface area contributed by atoms with Crippen molar-refractivity contribution < 1.29 is 18.8 Å². The molecule has 1 fully saturated rings. The molecule has 23 heavy (non-hydrogen) atoms. The smallest absolute Gasteiger partial charge is 0.391 e. The number of rotatable bonds is 4. The molecular formula is C15H14ClN2O4P. The first kappa shape index (κ1) is 15.0. The molecule has 0 aliphatic heterocycles. The first-order chi connectivity index (χ1) is 10.9. The lowest BCUT2D eigenvalue weighted by Crippen LogP contribution is -1.98. The van der Waals surface area contributed by atoms with Crippen molar-refractivity contribution in [1.29, 1.82) is 0 Å². The summed E-state index contributed by atoms with van der Waals surface area (Å²) >= 11 is 6.44. The molecule has 3 aromatic rings. The SMILES string of the molecule is O=P(O)(O)c1ccc(-c2nc3cc(C(Cl)C4CC4)ccc3[nH]2)o1. The number of imidazole rings is 1. The maximum Gasteiger partial charge on any atom is 0.391 e. The van der Waals surface area contributed by atoms with E-state index < -0.39 is 7.60 Å². The molecule has 0 radical (unpaired) electrons. The summed E-state index contributed by atoms with van der Waals surface area (Å²) < 4.78 is 16.4. The Kier molecular flexibility index (Phi) is 3.39. The Morgan fingerprint density at radius 3 is 2.74 bits per heavy atom. The highest BCUT2D eigenvalue weighted by Crippen LogP contribution is 2.45. The Morgan fingerprint density at radius 2 is 2.09 bits per heavy atom. The highest BCUT2D eigenvalue weighted by Gasteiger charge is 2.31. The van der Waals surface area contributed by atoms with E-state index in [-0.39, 0.29) is 16.6 Å². The lowest BCUT2D eigenvalue weighted by atomic mass is 10.1. The van der Waals surface area contributed by atoms with Crippen LogP contribution in [-0.2, 0) is 4.57 Å². The summed E-state index contributed by atoms with van der Waals surface area (Å²) in [6, 6.07) is 8.58. The van der Waals surface area contributed by atoms with E-state index in [1.54, 1.807) is 0 Å². The van der Waals surface area contributed by atoms with Crippen molar-refractivity contribution in [3.8, 4) is 11.6 Å². The van der Waals surface area contributed by atoms with Crippen LogP contribution in [0.25, 0.3) is 22.6 Å². The standard InChI is InChI=1S/C15H14ClN2O4P/c16-14(8-1-2-8)9-3-4-10-11(7-9)18-15(17-10)12-5-6-13(22-12)23(19,20)21/h3-8,14H,1-2H2,(H,17,18)(H2,19,20,21). The molecule has 2 aromatic heterocycles. The van der Waals surface area contributed by atoms with E-state index in [0.717, 1.165) is 29.4 Å². The maximum absolute atomic E-state index is 11.2. The summed E-state index contributed by atoms with van der Waals surface area (Å²) in [7, 11) is -4.40. The molecule has 6 nitrogen and oxygen atoms in total. The molecule has 1 aliphatic rings. The van der Waals surface area contributed by atoms with Gasteiger partial charge in [0.1, 0.15) is 0 Å². The molecule has 0 saturated heterocycles. The number of halogens is 1. The minimum absolute atomic E-state index is 0.00410. The maximum atomic E-state index is 11.2. The summed E-state index contributed by atoms with van der Waals surface area (Å²) in [5, 5.41) is 0.00410. The topological polar surface area (TPSA) is 99.4 Å². The van der Waals surface area contributed by atoms with Crippen LogP contribution in [0.15, 0.2) is 34.7 Å². The first-order valence-corrected chi connectivity index (χ1v) is 9.27. The van der Waals surface area contributed by atoms with Crippen molar-refractivity contribution in [2.45, 2.75) is 18.2 Å². The van der Waals surface area contributed by atoms with Crippen LogP contribution in [0.1, 0.15) is 23.8 Å². The number of fused-ring (bicyclic) bond motifs is 1. The van der Waals surface area contributed by atoms with Crippen molar-refractivity contribution in [3.05, 3.63) is 35.9 Å². The molecule has 0 amide bonds. The van der Waals surface area contributed by atoms with Gasteiger partial charge in [-0.1, -0.05) is 6.07 Å². The second kappa shape index (κ2) is 5.21. The molecule has 1 saturated carbocycles. The number of nitrogens with zero attached hydrogens (tertiary/aromatic N) is 1. The molecule has 2 heterocycles. The third-order valence-corrected chi connectivity index (χ3v) is 5.40. The van der Waals surface area contributed by atoms with Gasteiger partial charge < -0.3 is 19.2 Å². The van der Waals surface area contributed by atoms with Gasteiger partial charge in [0.15, 0.2) is 11.6 Å². The molecule has 0 spiro atoms. The Labute approximate surface area is 136 Å². The quantitative estimate of drug-likeness (QED) is 0.494. The average molecular weight is 353 g/mol. The number of nitrogens with one attached hydrogen (secondary N) is 1. The zero-order valence-corrected chi connectivity index (χ0v) is 13.6. The Hall–Kier alpha value is -1.59. The molecule has 4 rings (SSSR count). The average Bonchev–Trinajstić information content (AvgIpc) is 3.07. The van der Waals surface area contributed by atoms with Crippen LogP contribution in [0.4, 0.5) is 0 Å². The minimum atomic E-state index is -4.40. The summed E-state index contributed by atoms with van der Waals surface area (Å²) in [6.07, 6.45) is 2.32. The largest absolute Gasteiger partial charge is 0.445 e. The highest BCUT2D eigenvalue weighted by molar-refractivity contribution is 7.59. The Morgan fingerprint density at radius 1 is 1.30 bits per heavy atom. The van der Waals surface area contributed by atoms with Crippen molar-refractivity contribution in [2.75, 3.05) is 0 Å². The van der Waals surface area contributed by atoms with Gasteiger partial charge in [0.2, 0.25) is 5.50 Å². The van der Waals surface area contributed by atoms with Crippen LogP contribution in [0, 0.1) is 5.92 Å². The summed E-state index contributed by atoms with van der Waals surface area (Å²) in [4.78, 5) is 25.8. The fraction of sp³-hybridized carbons (Fsp3) is 0.267. The molecule has 8 heteroatoms. The zero-order chi connectivity index (χ0) is 16.2. The van der Waals surface area contributed by atoms with Crippen molar-refractivity contribution >= 4 is 35.7 Å². The molecule has 1 unspecified atom stereocenters. The summed E-state index contributed by atoms with van der Waals surface area (Å²) in [6.45, 7) is 0. The van der Waals surface area contributed by atoms with Gasteiger partial charge in [-0.05, 0) is 48.6 Å². The van der Waals surface area contributed by atoms with Gasteiger partial charge in [0.05, 0.1) is 16.4 Å². The van der Waals surface area contributed by atoms with E-state index in [0.29, 0.717) is 11.7 Å². The van der Waals surface area contributed by atoms with E-state index in [4.69, 9.17) is 25.8 Å².